The zero-order chi connectivity index (χ0) is 12.0. The highest BCUT2D eigenvalue weighted by Crippen LogP contribution is 2.14. The molecule has 0 saturated heterocycles. The average molecular weight is 243 g/mol. The summed E-state index contributed by atoms with van der Waals surface area (Å²) in [6.07, 6.45) is 2.60. The summed E-state index contributed by atoms with van der Waals surface area (Å²) < 4.78 is 1.81. The van der Waals surface area contributed by atoms with E-state index in [-0.39, 0.29) is 11.9 Å². The van der Waals surface area contributed by atoms with Crippen molar-refractivity contribution in [3.63, 3.8) is 0 Å². The minimum absolute atomic E-state index is 0.318. The molecule has 0 aliphatic heterocycles. The fourth-order valence-electron chi connectivity index (χ4n) is 1.12. The first-order chi connectivity index (χ1) is 7.65. The molecule has 1 unspecified atom stereocenters. The van der Waals surface area contributed by atoms with Gasteiger partial charge in [0.05, 0.1) is 6.04 Å². The smallest absolute Gasteiger partial charge is 0.235 e. The topological polar surface area (TPSA) is 85.8 Å². The maximum Gasteiger partial charge on any atom is 0.235 e. The minimum atomic E-state index is -0.330. The quantitative estimate of drug-likeness (QED) is 0.646. The fraction of sp³-hybridized carbons (Fsp3) is 0.667. The highest BCUT2D eigenvalue weighted by Gasteiger charge is 2.15. The first kappa shape index (κ1) is 13.0. The largest absolute Gasteiger partial charge is 0.368 e. The Hall–Kier alpha value is -1.08. The number of carbonyl (C=O) groups is 1. The Morgan fingerprint density at radius 1 is 1.75 bits per heavy atom. The summed E-state index contributed by atoms with van der Waals surface area (Å²) in [4.78, 5) is 11.2. The van der Waals surface area contributed by atoms with Gasteiger partial charge in [-0.1, -0.05) is 18.7 Å². The number of amides is 1. The molecule has 1 aromatic heterocycles. The number of hydrogen-bond acceptors (Lipinski definition) is 5. The van der Waals surface area contributed by atoms with Gasteiger partial charge in [-0.05, 0) is 13.0 Å². The molecule has 90 valence electrons. The number of nitrogens with two attached hydrogens (primary N) is 1. The summed E-state index contributed by atoms with van der Waals surface area (Å²) in [5, 5.41) is 11.6. The van der Waals surface area contributed by atoms with Crippen LogP contribution in [0.2, 0.25) is 0 Å². The van der Waals surface area contributed by atoms with E-state index in [1.54, 1.807) is 6.33 Å². The van der Waals surface area contributed by atoms with E-state index in [0.717, 1.165) is 18.1 Å². The maximum absolute atomic E-state index is 11.2. The fourth-order valence-corrected chi connectivity index (χ4v) is 2.07. The molecular weight excluding hydrogens is 226 g/mol. The van der Waals surface area contributed by atoms with Crippen LogP contribution >= 0.6 is 11.8 Å². The molecule has 6 nitrogen and oxygen atoms in total. The van der Waals surface area contributed by atoms with E-state index in [2.05, 4.69) is 15.5 Å². The molecule has 0 saturated carbocycles. The van der Waals surface area contributed by atoms with E-state index in [1.165, 1.54) is 11.8 Å². The molecule has 1 atom stereocenters. The van der Waals surface area contributed by atoms with Gasteiger partial charge in [-0.15, -0.1) is 10.2 Å². The molecule has 0 radical (unpaired) electrons. The van der Waals surface area contributed by atoms with Crippen molar-refractivity contribution >= 4 is 17.7 Å². The molecular formula is C9H17N5OS. The summed E-state index contributed by atoms with van der Waals surface area (Å²) in [6.45, 7) is 2.83. The van der Waals surface area contributed by atoms with Crippen molar-refractivity contribution in [2.45, 2.75) is 24.5 Å². The van der Waals surface area contributed by atoms with Gasteiger partial charge in [0.2, 0.25) is 5.91 Å². The van der Waals surface area contributed by atoms with Crippen molar-refractivity contribution < 1.29 is 4.79 Å². The van der Waals surface area contributed by atoms with E-state index >= 15 is 0 Å². The molecule has 0 aromatic carbocycles. The van der Waals surface area contributed by atoms with E-state index in [9.17, 15) is 4.79 Å². The van der Waals surface area contributed by atoms with Crippen LogP contribution in [-0.4, -0.2) is 39.0 Å². The van der Waals surface area contributed by atoms with Crippen LogP contribution < -0.4 is 11.1 Å². The van der Waals surface area contributed by atoms with Gasteiger partial charge in [0.25, 0.3) is 0 Å². The summed E-state index contributed by atoms with van der Waals surface area (Å²) in [7, 11) is 1.86. The van der Waals surface area contributed by atoms with Crippen LogP contribution in [0.4, 0.5) is 0 Å². The molecule has 1 amide bonds. The first-order valence-corrected chi connectivity index (χ1v) is 6.13. The van der Waals surface area contributed by atoms with Gasteiger partial charge in [-0.3, -0.25) is 4.79 Å². The lowest BCUT2D eigenvalue weighted by Crippen LogP contribution is -2.43. The number of thioether (sulfide) groups is 1. The third-order valence-corrected chi connectivity index (χ3v) is 3.16. The molecule has 0 bridgehead atoms. The van der Waals surface area contributed by atoms with Crippen LogP contribution in [0.15, 0.2) is 11.5 Å². The standard InChI is InChI=1S/C9H17N5OS/c1-3-4-11-7(8(10)15)5-16-9-13-12-6-14(9)2/h6-7,11H,3-5H2,1-2H3,(H2,10,15). The number of nitrogens with zero attached hydrogens (tertiary/aromatic N) is 3. The van der Waals surface area contributed by atoms with Crippen LogP contribution in [-0.2, 0) is 11.8 Å². The van der Waals surface area contributed by atoms with Crippen LogP contribution in [0, 0.1) is 0 Å². The lowest BCUT2D eigenvalue weighted by Gasteiger charge is -2.13. The lowest BCUT2D eigenvalue weighted by molar-refractivity contribution is -0.119. The number of aromatic nitrogens is 3. The molecule has 0 spiro atoms. The van der Waals surface area contributed by atoms with E-state index < -0.39 is 0 Å². The molecule has 0 fully saturated rings. The van der Waals surface area contributed by atoms with Gasteiger partial charge in [0.1, 0.15) is 6.33 Å². The van der Waals surface area contributed by atoms with Gasteiger partial charge in [-0.2, -0.15) is 0 Å². The second-order valence-corrected chi connectivity index (χ2v) is 4.43. The second kappa shape index (κ2) is 6.49. The highest BCUT2D eigenvalue weighted by atomic mass is 32.2. The van der Waals surface area contributed by atoms with Gasteiger partial charge in [-0.25, -0.2) is 0 Å². The maximum atomic E-state index is 11.2. The minimum Gasteiger partial charge on any atom is -0.368 e. The monoisotopic (exact) mass is 243 g/mol. The van der Waals surface area contributed by atoms with Crippen LogP contribution in [0.3, 0.4) is 0 Å². The normalized spacial score (nSPS) is 12.6. The van der Waals surface area contributed by atoms with Crippen molar-refractivity contribution in [3.05, 3.63) is 6.33 Å². The molecule has 16 heavy (non-hydrogen) atoms. The van der Waals surface area contributed by atoms with E-state index in [4.69, 9.17) is 5.73 Å². The number of aryl methyl sites for hydroxylation is 1. The predicted molar refractivity (Wildman–Crippen MR) is 63.0 cm³/mol. The summed E-state index contributed by atoms with van der Waals surface area (Å²) >= 11 is 1.47. The molecule has 3 N–H and O–H groups in total. The Morgan fingerprint density at radius 3 is 3.00 bits per heavy atom. The number of nitrogens with one attached hydrogen (secondary N) is 1. The molecule has 0 aliphatic carbocycles. The van der Waals surface area contributed by atoms with Crippen LogP contribution in [0.5, 0.6) is 0 Å². The molecule has 0 aliphatic rings. The third-order valence-electron chi connectivity index (χ3n) is 2.03. The Bertz CT molecular complexity index is 340. The van der Waals surface area contributed by atoms with Gasteiger partial charge < -0.3 is 15.6 Å². The highest BCUT2D eigenvalue weighted by molar-refractivity contribution is 7.99. The zero-order valence-corrected chi connectivity index (χ0v) is 10.3. The molecule has 1 rings (SSSR count). The van der Waals surface area contributed by atoms with Crippen LogP contribution in [0.1, 0.15) is 13.3 Å². The first-order valence-electron chi connectivity index (χ1n) is 5.14. The van der Waals surface area contributed by atoms with Crippen LogP contribution in [0.25, 0.3) is 0 Å². The van der Waals surface area contributed by atoms with E-state index in [0.29, 0.717) is 5.75 Å². The van der Waals surface area contributed by atoms with Gasteiger partial charge >= 0.3 is 0 Å². The van der Waals surface area contributed by atoms with Crippen molar-refractivity contribution in [2.24, 2.45) is 12.8 Å². The summed E-state index contributed by atoms with van der Waals surface area (Å²) in [5.41, 5.74) is 5.30. The van der Waals surface area contributed by atoms with Crippen molar-refractivity contribution in [3.8, 4) is 0 Å². The van der Waals surface area contributed by atoms with Crippen molar-refractivity contribution in [1.29, 1.82) is 0 Å². The molecule has 1 aromatic rings. The Balaban J connectivity index is 2.44. The second-order valence-electron chi connectivity index (χ2n) is 3.44. The molecule has 7 heteroatoms. The third kappa shape index (κ3) is 3.82. The number of rotatable bonds is 7. The zero-order valence-electron chi connectivity index (χ0n) is 9.51. The number of carbonyl (C=O) groups excluding carboxylic acids is 1. The summed E-state index contributed by atoms with van der Waals surface area (Å²) in [6, 6.07) is -0.318. The SMILES string of the molecule is CCCNC(CSc1nncn1C)C(N)=O. The number of hydrogen-bond donors (Lipinski definition) is 2. The van der Waals surface area contributed by atoms with Gasteiger partial charge in [0, 0.05) is 12.8 Å². The van der Waals surface area contributed by atoms with Crippen molar-refractivity contribution in [1.82, 2.24) is 20.1 Å². The molecule has 1 heterocycles. The summed E-state index contributed by atoms with van der Waals surface area (Å²) in [5.74, 6) is 0.241. The Labute approximate surface area is 99.0 Å². The van der Waals surface area contributed by atoms with E-state index in [1.807, 2.05) is 18.5 Å². The Morgan fingerprint density at radius 2 is 2.50 bits per heavy atom. The number of primary amides is 1. The predicted octanol–water partition coefficient (Wildman–Crippen LogP) is -0.239. The lowest BCUT2D eigenvalue weighted by atomic mass is 10.3. The Kier molecular flexibility index (Phi) is 5.27. The average Bonchev–Trinajstić information content (AvgIpc) is 2.64. The van der Waals surface area contributed by atoms with Gasteiger partial charge in [0.15, 0.2) is 5.16 Å². The van der Waals surface area contributed by atoms with Crippen molar-refractivity contribution in [2.75, 3.05) is 12.3 Å².